The Hall–Kier alpha value is -3.19. The number of aryl methyl sites for hydroxylation is 1. The van der Waals surface area contributed by atoms with E-state index in [1.165, 1.54) is 18.2 Å². The third-order valence-corrected chi connectivity index (χ3v) is 6.05. The molecule has 1 aromatic heterocycles. The number of amides is 2. The first-order chi connectivity index (χ1) is 15.8. The SMILES string of the molecule is Cc1nc(-c2ccccc2)nc(N2CCN(C(=O)Nc3ccc(F)c(Cl)c3)CC2)c1C(C)C. The standard InChI is InChI=1S/C25H27ClFN5O/c1-16(2)22-17(3)28-23(18-7-5-4-6-8-18)30-24(22)31-11-13-32(14-12-31)25(33)29-19-9-10-21(27)20(26)15-19/h4-10,15-16H,11-14H2,1-3H3,(H,29,33). The molecular weight excluding hydrogens is 441 g/mol. The number of anilines is 2. The molecule has 1 aliphatic rings. The van der Waals surface area contributed by atoms with E-state index in [-0.39, 0.29) is 17.0 Å². The Morgan fingerprint density at radius 1 is 1.06 bits per heavy atom. The number of aromatic nitrogens is 2. The van der Waals surface area contributed by atoms with Crippen molar-refractivity contribution in [2.24, 2.45) is 0 Å². The number of carbonyl (C=O) groups excluding carboxylic acids is 1. The lowest BCUT2D eigenvalue weighted by atomic mass is 10.0. The van der Waals surface area contributed by atoms with Crippen molar-refractivity contribution in [2.45, 2.75) is 26.7 Å². The molecule has 2 heterocycles. The normalized spacial score (nSPS) is 14.0. The predicted molar refractivity (Wildman–Crippen MR) is 131 cm³/mol. The number of carbonyl (C=O) groups is 1. The van der Waals surface area contributed by atoms with Crippen LogP contribution in [0.15, 0.2) is 48.5 Å². The number of halogens is 2. The molecule has 0 spiro atoms. The molecule has 6 nitrogen and oxygen atoms in total. The van der Waals surface area contributed by atoms with Gasteiger partial charge in [0.2, 0.25) is 0 Å². The van der Waals surface area contributed by atoms with Crippen molar-refractivity contribution >= 4 is 29.1 Å². The number of nitrogens with zero attached hydrogens (tertiary/aromatic N) is 4. The van der Waals surface area contributed by atoms with Crippen LogP contribution in [0.5, 0.6) is 0 Å². The number of nitrogens with one attached hydrogen (secondary N) is 1. The van der Waals surface area contributed by atoms with E-state index in [2.05, 4.69) is 24.1 Å². The van der Waals surface area contributed by atoms with Crippen molar-refractivity contribution in [2.75, 3.05) is 36.4 Å². The van der Waals surface area contributed by atoms with Gasteiger partial charge in [-0.3, -0.25) is 0 Å². The van der Waals surface area contributed by atoms with Gasteiger partial charge in [-0.25, -0.2) is 19.2 Å². The van der Waals surface area contributed by atoms with Crippen LogP contribution in [0.4, 0.5) is 20.7 Å². The fourth-order valence-corrected chi connectivity index (χ4v) is 4.28. The van der Waals surface area contributed by atoms with Gasteiger partial charge in [0.15, 0.2) is 5.82 Å². The maximum Gasteiger partial charge on any atom is 0.321 e. The van der Waals surface area contributed by atoms with Gasteiger partial charge >= 0.3 is 6.03 Å². The molecule has 2 aromatic carbocycles. The summed E-state index contributed by atoms with van der Waals surface area (Å²) in [7, 11) is 0. The summed E-state index contributed by atoms with van der Waals surface area (Å²) in [5.41, 5.74) is 3.55. The van der Waals surface area contributed by atoms with Crippen molar-refractivity contribution in [1.82, 2.24) is 14.9 Å². The largest absolute Gasteiger partial charge is 0.353 e. The summed E-state index contributed by atoms with van der Waals surface area (Å²) in [4.78, 5) is 26.4. The Labute approximate surface area is 198 Å². The predicted octanol–water partition coefficient (Wildman–Crippen LogP) is 5.72. The van der Waals surface area contributed by atoms with Gasteiger partial charge in [0.25, 0.3) is 0 Å². The molecule has 0 aliphatic carbocycles. The molecule has 0 radical (unpaired) electrons. The summed E-state index contributed by atoms with van der Waals surface area (Å²) < 4.78 is 13.4. The number of urea groups is 1. The Balaban J connectivity index is 1.51. The Kier molecular flexibility index (Phi) is 6.79. The molecular formula is C25H27ClFN5O. The Bertz CT molecular complexity index is 1150. The third kappa shape index (κ3) is 5.09. The molecule has 1 aliphatic heterocycles. The summed E-state index contributed by atoms with van der Waals surface area (Å²) in [5, 5.41) is 2.77. The quantitative estimate of drug-likeness (QED) is 0.533. The monoisotopic (exact) mass is 467 g/mol. The van der Waals surface area contributed by atoms with Gasteiger partial charge in [-0.2, -0.15) is 0 Å². The molecule has 0 unspecified atom stereocenters. The molecule has 33 heavy (non-hydrogen) atoms. The van der Waals surface area contributed by atoms with E-state index < -0.39 is 5.82 Å². The minimum absolute atomic E-state index is 0.0211. The second kappa shape index (κ2) is 9.75. The van der Waals surface area contributed by atoms with Gasteiger partial charge in [-0.15, -0.1) is 0 Å². The molecule has 1 fully saturated rings. The van der Waals surface area contributed by atoms with Crippen molar-refractivity contribution in [3.63, 3.8) is 0 Å². The zero-order valence-corrected chi connectivity index (χ0v) is 19.7. The summed E-state index contributed by atoms with van der Waals surface area (Å²) in [6, 6.07) is 13.9. The van der Waals surface area contributed by atoms with Crippen LogP contribution in [0, 0.1) is 12.7 Å². The highest BCUT2D eigenvalue weighted by molar-refractivity contribution is 6.31. The van der Waals surface area contributed by atoms with E-state index in [0.717, 1.165) is 22.6 Å². The van der Waals surface area contributed by atoms with E-state index in [9.17, 15) is 9.18 Å². The van der Waals surface area contributed by atoms with Gasteiger partial charge < -0.3 is 15.1 Å². The summed E-state index contributed by atoms with van der Waals surface area (Å²) in [6.07, 6.45) is 0. The van der Waals surface area contributed by atoms with E-state index in [1.54, 1.807) is 4.90 Å². The molecule has 0 atom stereocenters. The zero-order chi connectivity index (χ0) is 23.5. The lowest BCUT2D eigenvalue weighted by Crippen LogP contribution is -2.50. The van der Waals surface area contributed by atoms with E-state index in [4.69, 9.17) is 21.6 Å². The molecule has 0 bridgehead atoms. The molecule has 1 saturated heterocycles. The van der Waals surface area contributed by atoms with Crippen LogP contribution in [-0.4, -0.2) is 47.1 Å². The highest BCUT2D eigenvalue weighted by Gasteiger charge is 2.26. The maximum atomic E-state index is 13.4. The molecule has 172 valence electrons. The van der Waals surface area contributed by atoms with Gasteiger partial charge in [-0.05, 0) is 31.0 Å². The van der Waals surface area contributed by atoms with Crippen molar-refractivity contribution < 1.29 is 9.18 Å². The molecule has 3 aromatic rings. The van der Waals surface area contributed by atoms with Crippen molar-refractivity contribution in [1.29, 1.82) is 0 Å². The number of piperazine rings is 1. The zero-order valence-electron chi connectivity index (χ0n) is 19.0. The Morgan fingerprint density at radius 3 is 2.39 bits per heavy atom. The second-order valence-corrected chi connectivity index (χ2v) is 8.83. The van der Waals surface area contributed by atoms with Gasteiger partial charge in [-0.1, -0.05) is 55.8 Å². The Morgan fingerprint density at radius 2 is 1.76 bits per heavy atom. The van der Waals surface area contributed by atoms with E-state index in [1.807, 2.05) is 37.3 Å². The summed E-state index contributed by atoms with van der Waals surface area (Å²) >= 11 is 5.82. The fourth-order valence-electron chi connectivity index (χ4n) is 4.10. The maximum absolute atomic E-state index is 13.4. The van der Waals surface area contributed by atoms with Crippen LogP contribution in [-0.2, 0) is 0 Å². The molecule has 8 heteroatoms. The highest BCUT2D eigenvalue weighted by atomic mass is 35.5. The molecule has 1 N–H and O–H groups in total. The third-order valence-electron chi connectivity index (χ3n) is 5.76. The van der Waals surface area contributed by atoms with Crippen molar-refractivity contribution in [3.05, 3.63) is 70.6 Å². The average Bonchev–Trinajstić information content (AvgIpc) is 2.81. The first-order valence-corrected chi connectivity index (χ1v) is 11.4. The van der Waals surface area contributed by atoms with Crippen LogP contribution in [0.1, 0.15) is 31.0 Å². The van der Waals surface area contributed by atoms with Gasteiger partial charge in [0, 0.05) is 48.7 Å². The average molecular weight is 468 g/mol. The minimum atomic E-state index is -0.515. The van der Waals surface area contributed by atoms with Crippen LogP contribution < -0.4 is 10.2 Å². The summed E-state index contributed by atoms with van der Waals surface area (Å²) in [6.45, 7) is 8.72. The fraction of sp³-hybridized carbons (Fsp3) is 0.320. The highest BCUT2D eigenvalue weighted by Crippen LogP contribution is 2.31. The topological polar surface area (TPSA) is 61.4 Å². The minimum Gasteiger partial charge on any atom is -0.353 e. The molecule has 4 rings (SSSR count). The number of hydrogen-bond donors (Lipinski definition) is 1. The summed E-state index contributed by atoms with van der Waals surface area (Å²) in [5.74, 6) is 1.40. The molecule has 2 amide bonds. The lowest BCUT2D eigenvalue weighted by Gasteiger charge is -2.37. The first kappa shape index (κ1) is 23.0. The number of rotatable bonds is 4. The van der Waals surface area contributed by atoms with Crippen LogP contribution >= 0.6 is 11.6 Å². The smallest absolute Gasteiger partial charge is 0.321 e. The first-order valence-electron chi connectivity index (χ1n) is 11.0. The van der Waals surface area contributed by atoms with Crippen LogP contribution in [0.3, 0.4) is 0 Å². The molecule has 0 saturated carbocycles. The van der Waals surface area contributed by atoms with Crippen molar-refractivity contribution in [3.8, 4) is 11.4 Å². The van der Waals surface area contributed by atoms with Gasteiger partial charge in [0.1, 0.15) is 11.6 Å². The van der Waals surface area contributed by atoms with E-state index >= 15 is 0 Å². The van der Waals surface area contributed by atoms with Gasteiger partial charge in [0.05, 0.1) is 5.02 Å². The van der Waals surface area contributed by atoms with Crippen LogP contribution in [0.25, 0.3) is 11.4 Å². The number of benzene rings is 2. The lowest BCUT2D eigenvalue weighted by molar-refractivity contribution is 0.208. The van der Waals surface area contributed by atoms with Crippen LogP contribution in [0.2, 0.25) is 5.02 Å². The number of hydrogen-bond acceptors (Lipinski definition) is 4. The second-order valence-electron chi connectivity index (χ2n) is 8.42. The van der Waals surface area contributed by atoms with E-state index in [0.29, 0.717) is 37.7 Å².